The largest absolute Gasteiger partial charge is 0.478 e. The number of hydrogen-bond acceptors (Lipinski definition) is 3. The zero-order chi connectivity index (χ0) is 18.5. The lowest BCUT2D eigenvalue weighted by molar-refractivity contribution is -0.119. The van der Waals surface area contributed by atoms with E-state index in [0.717, 1.165) is 24.2 Å². The Kier molecular flexibility index (Phi) is 5.56. The molecule has 1 saturated heterocycles. The molecule has 0 radical (unpaired) electrons. The third-order valence-electron chi connectivity index (χ3n) is 5.02. The first-order valence-corrected chi connectivity index (χ1v) is 9.01. The van der Waals surface area contributed by atoms with Crippen LogP contribution in [0.5, 0.6) is 0 Å². The smallest absolute Gasteiger partial charge is 0.335 e. The van der Waals surface area contributed by atoms with Gasteiger partial charge in [0.05, 0.1) is 11.5 Å². The van der Waals surface area contributed by atoms with Gasteiger partial charge in [-0.25, -0.2) is 4.79 Å². The van der Waals surface area contributed by atoms with Gasteiger partial charge >= 0.3 is 5.97 Å². The first kappa shape index (κ1) is 18.0. The monoisotopic (exact) mass is 352 g/mol. The molecule has 2 aromatic rings. The second-order valence-electron chi connectivity index (χ2n) is 6.76. The maximum absolute atomic E-state index is 12.1. The lowest BCUT2D eigenvalue weighted by Crippen LogP contribution is -2.31. The molecule has 26 heavy (non-hydrogen) atoms. The van der Waals surface area contributed by atoms with Crippen molar-refractivity contribution in [3.8, 4) is 0 Å². The summed E-state index contributed by atoms with van der Waals surface area (Å²) in [5, 5.41) is 9.04. The number of rotatable bonds is 6. The van der Waals surface area contributed by atoms with E-state index < -0.39 is 17.8 Å². The highest BCUT2D eigenvalue weighted by Gasteiger charge is 2.22. The molecule has 1 amide bonds. The average molecular weight is 352 g/mol. The van der Waals surface area contributed by atoms with Crippen molar-refractivity contribution >= 4 is 17.6 Å². The molecule has 0 aliphatic carbocycles. The second kappa shape index (κ2) is 8.04. The number of hydrogen-bond donors (Lipinski definition) is 2. The number of amides is 1. The minimum Gasteiger partial charge on any atom is -0.478 e. The van der Waals surface area contributed by atoms with Crippen molar-refractivity contribution in [1.82, 2.24) is 0 Å². The zero-order valence-corrected chi connectivity index (χ0v) is 14.7. The van der Waals surface area contributed by atoms with Gasteiger partial charge in [-0.3, -0.25) is 4.79 Å². The zero-order valence-electron chi connectivity index (χ0n) is 14.7. The third-order valence-corrected chi connectivity index (χ3v) is 5.02. The highest BCUT2D eigenvalue weighted by molar-refractivity contribution is 5.88. The van der Waals surface area contributed by atoms with Crippen LogP contribution < -0.4 is 10.6 Å². The van der Waals surface area contributed by atoms with Gasteiger partial charge in [0.1, 0.15) is 0 Å². The van der Waals surface area contributed by atoms with Crippen molar-refractivity contribution in [2.24, 2.45) is 5.73 Å². The molecule has 3 N–H and O–H groups in total. The van der Waals surface area contributed by atoms with Gasteiger partial charge in [0, 0.05) is 18.8 Å². The van der Waals surface area contributed by atoms with Crippen LogP contribution in [0.1, 0.15) is 46.7 Å². The Morgan fingerprint density at radius 3 is 2.27 bits per heavy atom. The summed E-state index contributed by atoms with van der Waals surface area (Å²) in [6.45, 7) is 2.07. The Morgan fingerprint density at radius 2 is 1.65 bits per heavy atom. The second-order valence-corrected chi connectivity index (χ2v) is 6.76. The van der Waals surface area contributed by atoms with Crippen molar-refractivity contribution in [3.63, 3.8) is 0 Å². The summed E-state index contributed by atoms with van der Waals surface area (Å²) in [4.78, 5) is 25.5. The van der Waals surface area contributed by atoms with Crippen molar-refractivity contribution < 1.29 is 14.7 Å². The molecule has 0 bridgehead atoms. The molecule has 1 unspecified atom stereocenters. The number of aromatic carboxylic acids is 1. The van der Waals surface area contributed by atoms with E-state index in [2.05, 4.69) is 11.0 Å². The van der Waals surface area contributed by atoms with E-state index in [9.17, 15) is 9.59 Å². The van der Waals surface area contributed by atoms with Gasteiger partial charge in [-0.15, -0.1) is 0 Å². The molecule has 1 fully saturated rings. The van der Waals surface area contributed by atoms with E-state index in [0.29, 0.717) is 6.42 Å². The highest BCUT2D eigenvalue weighted by Crippen LogP contribution is 2.29. The number of carbonyl (C=O) groups is 2. The predicted octanol–water partition coefficient (Wildman–Crippen LogP) is 3.19. The fraction of sp³-hybridized carbons (Fsp3) is 0.333. The van der Waals surface area contributed by atoms with Gasteiger partial charge in [-0.1, -0.05) is 30.3 Å². The number of para-hydroxylation sites is 1. The summed E-state index contributed by atoms with van der Waals surface area (Å²) in [5.41, 5.74) is 8.88. The number of anilines is 1. The lowest BCUT2D eigenvalue weighted by Gasteiger charge is -2.31. The standard InChI is InChI=1S/C21H24N2O3/c22-20(24)18(15-8-10-16(11-9-15)21(25)26)14-17-6-2-3-7-19(17)23-12-4-1-5-13-23/h2-3,6-11,18H,1,4-5,12-14H2,(H2,22,24)(H,25,26). The van der Waals surface area contributed by atoms with E-state index in [4.69, 9.17) is 10.8 Å². The van der Waals surface area contributed by atoms with Crippen LogP contribution in [-0.2, 0) is 11.2 Å². The Balaban J connectivity index is 1.87. The molecule has 2 aromatic carbocycles. The molecular weight excluding hydrogens is 328 g/mol. The van der Waals surface area contributed by atoms with E-state index in [1.165, 1.54) is 37.1 Å². The molecule has 1 aliphatic rings. The fourth-order valence-corrected chi connectivity index (χ4v) is 3.59. The SMILES string of the molecule is NC(=O)C(Cc1ccccc1N1CCCCC1)c1ccc(C(=O)O)cc1. The molecule has 136 valence electrons. The van der Waals surface area contributed by atoms with Crippen LogP contribution >= 0.6 is 0 Å². The van der Waals surface area contributed by atoms with Crippen LogP contribution in [0.15, 0.2) is 48.5 Å². The Hall–Kier alpha value is -2.82. The Bertz CT molecular complexity index is 780. The number of carbonyl (C=O) groups excluding carboxylic acids is 1. The van der Waals surface area contributed by atoms with Crippen LogP contribution in [0.25, 0.3) is 0 Å². The van der Waals surface area contributed by atoms with Crippen LogP contribution in [0.3, 0.4) is 0 Å². The van der Waals surface area contributed by atoms with Crippen LogP contribution in [-0.4, -0.2) is 30.1 Å². The van der Waals surface area contributed by atoms with Crippen LogP contribution in [0.4, 0.5) is 5.69 Å². The van der Waals surface area contributed by atoms with E-state index >= 15 is 0 Å². The summed E-state index contributed by atoms with van der Waals surface area (Å²) < 4.78 is 0. The summed E-state index contributed by atoms with van der Waals surface area (Å²) >= 11 is 0. The van der Waals surface area contributed by atoms with Gasteiger partial charge in [-0.2, -0.15) is 0 Å². The van der Waals surface area contributed by atoms with Crippen LogP contribution in [0, 0.1) is 0 Å². The minimum absolute atomic E-state index is 0.200. The fourth-order valence-electron chi connectivity index (χ4n) is 3.59. The summed E-state index contributed by atoms with van der Waals surface area (Å²) in [6.07, 6.45) is 4.14. The highest BCUT2D eigenvalue weighted by atomic mass is 16.4. The summed E-state index contributed by atoms with van der Waals surface area (Å²) in [6, 6.07) is 14.6. The summed E-state index contributed by atoms with van der Waals surface area (Å²) in [7, 11) is 0. The molecule has 0 saturated carbocycles. The summed E-state index contributed by atoms with van der Waals surface area (Å²) in [5.74, 6) is -1.87. The normalized spacial score (nSPS) is 15.5. The maximum atomic E-state index is 12.1. The number of piperidine rings is 1. The molecule has 3 rings (SSSR count). The number of benzene rings is 2. The molecule has 0 spiro atoms. The topological polar surface area (TPSA) is 83.6 Å². The van der Waals surface area contributed by atoms with Crippen molar-refractivity contribution in [2.75, 3.05) is 18.0 Å². The first-order chi connectivity index (χ1) is 12.6. The quantitative estimate of drug-likeness (QED) is 0.836. The van der Waals surface area contributed by atoms with Crippen molar-refractivity contribution in [2.45, 2.75) is 31.6 Å². The van der Waals surface area contributed by atoms with Crippen molar-refractivity contribution in [3.05, 3.63) is 65.2 Å². The third kappa shape index (κ3) is 4.04. The van der Waals surface area contributed by atoms with Gasteiger partial charge in [-0.05, 0) is 55.0 Å². The molecule has 1 heterocycles. The minimum atomic E-state index is -0.984. The van der Waals surface area contributed by atoms with Gasteiger partial charge in [0.2, 0.25) is 5.91 Å². The molecular formula is C21H24N2O3. The van der Waals surface area contributed by atoms with E-state index in [1.54, 1.807) is 12.1 Å². The molecule has 5 nitrogen and oxygen atoms in total. The maximum Gasteiger partial charge on any atom is 0.335 e. The van der Waals surface area contributed by atoms with Gasteiger partial charge < -0.3 is 15.7 Å². The van der Waals surface area contributed by atoms with Crippen molar-refractivity contribution in [1.29, 1.82) is 0 Å². The Labute approximate surface area is 153 Å². The van der Waals surface area contributed by atoms with E-state index in [-0.39, 0.29) is 5.56 Å². The van der Waals surface area contributed by atoms with E-state index in [1.807, 2.05) is 18.2 Å². The lowest BCUT2D eigenvalue weighted by atomic mass is 9.89. The number of carboxylic acids is 1. The number of primary amides is 1. The molecule has 0 aromatic heterocycles. The number of nitrogens with zero attached hydrogens (tertiary/aromatic N) is 1. The first-order valence-electron chi connectivity index (χ1n) is 9.01. The molecule has 1 aliphatic heterocycles. The molecule has 5 heteroatoms. The average Bonchev–Trinajstić information content (AvgIpc) is 2.67. The Morgan fingerprint density at radius 1 is 1.00 bits per heavy atom. The molecule has 1 atom stereocenters. The van der Waals surface area contributed by atoms with Crippen LogP contribution in [0.2, 0.25) is 0 Å². The number of carboxylic acid groups (broad SMARTS) is 1. The number of nitrogens with two attached hydrogens (primary N) is 1. The van der Waals surface area contributed by atoms with Gasteiger partial charge in [0.25, 0.3) is 0 Å². The predicted molar refractivity (Wildman–Crippen MR) is 102 cm³/mol. The van der Waals surface area contributed by atoms with Gasteiger partial charge in [0.15, 0.2) is 0 Å².